The number of rotatable bonds is 4. The van der Waals surface area contributed by atoms with E-state index in [0.29, 0.717) is 0 Å². The van der Waals surface area contributed by atoms with Crippen molar-refractivity contribution in [1.82, 2.24) is 15.0 Å². The van der Waals surface area contributed by atoms with Crippen LogP contribution in [0, 0.1) is 5.82 Å². The van der Waals surface area contributed by atoms with Crippen LogP contribution >= 0.6 is 0 Å². The van der Waals surface area contributed by atoms with Crippen LogP contribution in [0.1, 0.15) is 0 Å². The summed E-state index contributed by atoms with van der Waals surface area (Å²) in [5.74, 6) is -0.251. The quantitative estimate of drug-likeness (QED) is 0.541. The third kappa shape index (κ3) is 3.53. The van der Waals surface area contributed by atoms with E-state index in [1.165, 1.54) is 16.6 Å². The zero-order valence-corrected chi connectivity index (χ0v) is 14.9. The molecule has 122 valence electrons. The van der Waals surface area contributed by atoms with Gasteiger partial charge in [0, 0.05) is 0 Å². The number of hydrogen-bond donors (Lipinski definition) is 1. The predicted octanol–water partition coefficient (Wildman–Crippen LogP) is 2.93. The van der Waals surface area contributed by atoms with E-state index in [1.54, 1.807) is 24.5 Å². The second kappa shape index (κ2) is 7.01. The van der Waals surface area contributed by atoms with Crippen molar-refractivity contribution in [3.8, 4) is 22.5 Å². The van der Waals surface area contributed by atoms with E-state index in [-0.39, 0.29) is 20.8 Å². The van der Waals surface area contributed by atoms with Crippen molar-refractivity contribution in [2.24, 2.45) is 0 Å². The van der Waals surface area contributed by atoms with Gasteiger partial charge in [0.2, 0.25) is 0 Å². The minimum absolute atomic E-state index is 0.0708. The Bertz CT molecular complexity index is 967. The van der Waals surface area contributed by atoms with E-state index in [1.807, 2.05) is 30.3 Å². The molecule has 0 saturated heterocycles. The summed E-state index contributed by atoms with van der Waals surface area (Å²) in [4.78, 5) is 12.3. The number of aromatic amines is 1. The number of halogens is 1. The molecule has 4 aromatic rings. The summed E-state index contributed by atoms with van der Waals surface area (Å²) >= 11 is 0.0708. The molecule has 0 aliphatic heterocycles. The molecule has 1 N–H and O–H groups in total. The molecular formula is C20H14FN3Se. The fourth-order valence-electron chi connectivity index (χ4n) is 2.54. The van der Waals surface area contributed by atoms with Gasteiger partial charge in [0.15, 0.2) is 0 Å². The van der Waals surface area contributed by atoms with Gasteiger partial charge in [-0.25, -0.2) is 0 Å². The van der Waals surface area contributed by atoms with Crippen LogP contribution in [-0.4, -0.2) is 29.9 Å². The molecule has 0 radical (unpaired) electrons. The number of H-pyrrole nitrogens is 1. The van der Waals surface area contributed by atoms with E-state index in [2.05, 4.69) is 22.1 Å². The Morgan fingerprint density at radius 1 is 0.800 bits per heavy atom. The summed E-state index contributed by atoms with van der Waals surface area (Å²) in [5, 5.41) is 0. The molecule has 0 aliphatic rings. The molecule has 0 bridgehead atoms. The number of pyridine rings is 1. The van der Waals surface area contributed by atoms with Crippen LogP contribution in [-0.2, 0) is 0 Å². The summed E-state index contributed by atoms with van der Waals surface area (Å²) < 4.78 is 15.5. The Morgan fingerprint density at radius 2 is 1.52 bits per heavy atom. The van der Waals surface area contributed by atoms with Crippen LogP contribution in [0.15, 0.2) is 79.1 Å². The minimum atomic E-state index is -0.251. The molecule has 0 fully saturated rings. The summed E-state index contributed by atoms with van der Waals surface area (Å²) in [6.07, 6.45) is 3.51. The molecule has 2 aromatic carbocycles. The van der Waals surface area contributed by atoms with Gasteiger partial charge in [-0.3, -0.25) is 0 Å². The first-order chi connectivity index (χ1) is 12.3. The van der Waals surface area contributed by atoms with E-state index < -0.39 is 0 Å². The fourth-order valence-corrected chi connectivity index (χ4v) is 4.24. The molecule has 25 heavy (non-hydrogen) atoms. The number of hydrogen-bond acceptors (Lipinski definition) is 2. The molecule has 0 atom stereocenters. The monoisotopic (exact) mass is 395 g/mol. The number of aromatic nitrogens is 3. The van der Waals surface area contributed by atoms with Crippen molar-refractivity contribution in [1.29, 1.82) is 0 Å². The van der Waals surface area contributed by atoms with E-state index in [0.717, 1.165) is 27.2 Å². The topological polar surface area (TPSA) is 41.6 Å². The first-order valence-corrected chi connectivity index (χ1v) is 9.50. The second-order valence-corrected chi connectivity index (χ2v) is 7.65. The summed E-state index contributed by atoms with van der Waals surface area (Å²) in [6.45, 7) is 0. The maximum absolute atomic E-state index is 13.3. The maximum atomic E-state index is 13.3. The van der Waals surface area contributed by atoms with E-state index >= 15 is 0 Å². The van der Waals surface area contributed by atoms with Gasteiger partial charge in [-0.15, -0.1) is 0 Å². The predicted molar refractivity (Wildman–Crippen MR) is 98.7 cm³/mol. The third-order valence-corrected chi connectivity index (χ3v) is 5.60. The summed E-state index contributed by atoms with van der Waals surface area (Å²) in [6, 6.07) is 20.6. The van der Waals surface area contributed by atoms with Gasteiger partial charge in [0.1, 0.15) is 0 Å². The van der Waals surface area contributed by atoms with Crippen molar-refractivity contribution < 1.29 is 4.39 Å². The summed E-state index contributed by atoms with van der Waals surface area (Å²) in [7, 11) is 0. The number of imidazole rings is 1. The SMILES string of the molecule is Fc1ccc(-c2nc([Se]c3ccccc3)[nH]c2-c2ccncc2)cc1. The molecule has 0 amide bonds. The van der Waals surface area contributed by atoms with Gasteiger partial charge in [0.25, 0.3) is 0 Å². The first kappa shape index (κ1) is 15.8. The fraction of sp³-hybridized carbons (Fsp3) is 0. The average molecular weight is 394 g/mol. The number of benzene rings is 2. The second-order valence-electron chi connectivity index (χ2n) is 5.42. The zero-order chi connectivity index (χ0) is 17.1. The Labute approximate surface area is 151 Å². The molecule has 0 spiro atoms. The molecule has 4 rings (SSSR count). The van der Waals surface area contributed by atoms with Gasteiger partial charge < -0.3 is 0 Å². The standard InChI is InChI=1S/C20H14FN3Se/c21-16-8-6-14(7-9-16)18-19(15-10-12-22-13-11-15)24-20(23-18)25-17-4-2-1-3-5-17/h1-13H,(H,23,24). The number of nitrogens with one attached hydrogen (secondary N) is 1. The van der Waals surface area contributed by atoms with E-state index in [9.17, 15) is 4.39 Å². The van der Waals surface area contributed by atoms with Gasteiger partial charge in [-0.1, -0.05) is 0 Å². The van der Waals surface area contributed by atoms with Crippen molar-refractivity contribution in [2.75, 3.05) is 0 Å². The van der Waals surface area contributed by atoms with Crippen LogP contribution in [0.25, 0.3) is 22.5 Å². The zero-order valence-electron chi connectivity index (χ0n) is 13.2. The van der Waals surface area contributed by atoms with Crippen LogP contribution in [0.4, 0.5) is 4.39 Å². The van der Waals surface area contributed by atoms with Crippen LogP contribution in [0.2, 0.25) is 0 Å². The number of nitrogens with zero attached hydrogens (tertiary/aromatic N) is 2. The first-order valence-electron chi connectivity index (χ1n) is 7.79. The Morgan fingerprint density at radius 3 is 2.24 bits per heavy atom. The molecular weight excluding hydrogens is 380 g/mol. The molecule has 2 aromatic heterocycles. The van der Waals surface area contributed by atoms with Gasteiger partial charge >= 0.3 is 151 Å². The molecule has 0 aliphatic carbocycles. The molecule has 0 unspecified atom stereocenters. The van der Waals surface area contributed by atoms with Crippen molar-refractivity contribution in [3.63, 3.8) is 0 Å². The van der Waals surface area contributed by atoms with Crippen molar-refractivity contribution >= 4 is 24.1 Å². The molecule has 2 heterocycles. The van der Waals surface area contributed by atoms with Crippen LogP contribution in [0.3, 0.4) is 0 Å². The third-order valence-electron chi connectivity index (χ3n) is 3.73. The molecule has 3 nitrogen and oxygen atoms in total. The molecule has 5 heteroatoms. The van der Waals surface area contributed by atoms with E-state index in [4.69, 9.17) is 4.98 Å². The normalized spacial score (nSPS) is 10.8. The Kier molecular flexibility index (Phi) is 4.42. The summed E-state index contributed by atoms with van der Waals surface area (Å²) in [5.41, 5.74) is 3.66. The molecule has 0 saturated carbocycles. The van der Waals surface area contributed by atoms with Gasteiger partial charge in [-0.05, 0) is 0 Å². The Balaban J connectivity index is 1.79. The van der Waals surface area contributed by atoms with Crippen LogP contribution in [0.5, 0.6) is 0 Å². The van der Waals surface area contributed by atoms with Crippen molar-refractivity contribution in [3.05, 3.63) is 84.9 Å². The van der Waals surface area contributed by atoms with Crippen LogP contribution < -0.4 is 9.18 Å². The Hall–Kier alpha value is -2.75. The van der Waals surface area contributed by atoms with Crippen molar-refractivity contribution in [2.45, 2.75) is 0 Å². The van der Waals surface area contributed by atoms with Gasteiger partial charge in [0.05, 0.1) is 0 Å². The van der Waals surface area contributed by atoms with Gasteiger partial charge in [-0.2, -0.15) is 0 Å². The average Bonchev–Trinajstić information content (AvgIpc) is 3.08.